The molecule has 0 bridgehead atoms. The number of nitrogens with zero attached hydrogens (tertiary/aromatic N) is 1. The van der Waals surface area contributed by atoms with E-state index in [1.54, 1.807) is 4.90 Å². The van der Waals surface area contributed by atoms with Crippen LogP contribution in [0.5, 0.6) is 0 Å². The second-order valence-electron chi connectivity index (χ2n) is 6.59. The zero-order valence-corrected chi connectivity index (χ0v) is 13.6. The highest BCUT2D eigenvalue weighted by Crippen LogP contribution is 2.26. The summed E-state index contributed by atoms with van der Waals surface area (Å²) < 4.78 is 11.3. The zero-order chi connectivity index (χ0) is 16.2. The molecule has 2 rings (SSSR count). The Balaban J connectivity index is 2.17. The molecule has 0 saturated carbocycles. The van der Waals surface area contributed by atoms with Gasteiger partial charge in [-0.05, 0) is 26.3 Å². The van der Waals surface area contributed by atoms with Crippen molar-refractivity contribution in [2.24, 2.45) is 5.73 Å². The van der Waals surface area contributed by atoms with Crippen LogP contribution in [-0.4, -0.2) is 48.9 Å². The average molecular weight is 306 g/mol. The maximum Gasteiger partial charge on any atom is 0.410 e. The minimum absolute atomic E-state index is 0.0567. The van der Waals surface area contributed by atoms with Crippen molar-refractivity contribution in [3.63, 3.8) is 0 Å². The van der Waals surface area contributed by atoms with E-state index in [0.29, 0.717) is 26.2 Å². The maximum atomic E-state index is 12.4. The molecule has 1 aromatic rings. The van der Waals surface area contributed by atoms with Gasteiger partial charge in [0.1, 0.15) is 5.60 Å². The van der Waals surface area contributed by atoms with Crippen LogP contribution in [0.25, 0.3) is 0 Å². The summed E-state index contributed by atoms with van der Waals surface area (Å²) in [5, 5.41) is 0. The molecule has 0 spiro atoms. The molecule has 2 unspecified atom stereocenters. The van der Waals surface area contributed by atoms with Crippen LogP contribution in [0.2, 0.25) is 0 Å². The van der Waals surface area contributed by atoms with E-state index in [4.69, 9.17) is 15.2 Å². The van der Waals surface area contributed by atoms with E-state index in [2.05, 4.69) is 12.1 Å². The van der Waals surface area contributed by atoms with Gasteiger partial charge in [0.25, 0.3) is 0 Å². The lowest BCUT2D eigenvalue weighted by molar-refractivity contribution is 0.0233. The Hall–Kier alpha value is -1.59. The monoisotopic (exact) mass is 306 g/mol. The van der Waals surface area contributed by atoms with E-state index in [-0.39, 0.29) is 18.1 Å². The average Bonchev–Trinajstić information content (AvgIpc) is 2.68. The molecule has 5 heteroatoms. The fourth-order valence-corrected chi connectivity index (χ4v) is 2.62. The number of nitrogens with two attached hydrogens (primary N) is 1. The fraction of sp³-hybridized carbons (Fsp3) is 0.588. The largest absolute Gasteiger partial charge is 0.444 e. The molecule has 5 nitrogen and oxygen atoms in total. The van der Waals surface area contributed by atoms with Gasteiger partial charge in [-0.1, -0.05) is 30.3 Å². The van der Waals surface area contributed by atoms with E-state index >= 15 is 0 Å². The third-order valence-electron chi connectivity index (χ3n) is 3.67. The summed E-state index contributed by atoms with van der Waals surface area (Å²) in [6.07, 6.45) is -0.385. The zero-order valence-electron chi connectivity index (χ0n) is 13.6. The Kier molecular flexibility index (Phi) is 5.42. The first-order valence-electron chi connectivity index (χ1n) is 7.75. The van der Waals surface area contributed by atoms with Crippen LogP contribution in [0, 0.1) is 0 Å². The number of ether oxygens (including phenoxy) is 2. The molecule has 122 valence electrons. The van der Waals surface area contributed by atoms with Gasteiger partial charge in [0.2, 0.25) is 0 Å². The number of benzene rings is 1. The quantitative estimate of drug-likeness (QED) is 0.911. The van der Waals surface area contributed by atoms with Crippen LogP contribution in [0.1, 0.15) is 32.3 Å². The van der Waals surface area contributed by atoms with E-state index in [1.807, 2.05) is 39.0 Å². The molecule has 0 aliphatic carbocycles. The molecule has 1 saturated heterocycles. The first-order valence-corrected chi connectivity index (χ1v) is 7.75. The summed E-state index contributed by atoms with van der Waals surface area (Å²) in [5.41, 5.74) is 6.50. The van der Waals surface area contributed by atoms with Gasteiger partial charge in [-0.25, -0.2) is 4.79 Å². The van der Waals surface area contributed by atoms with Crippen LogP contribution in [-0.2, 0) is 9.47 Å². The van der Waals surface area contributed by atoms with Crippen molar-refractivity contribution in [2.45, 2.75) is 38.4 Å². The molecule has 1 aromatic carbocycles. The Morgan fingerprint density at radius 1 is 1.36 bits per heavy atom. The molecule has 1 aliphatic rings. The molecular weight excluding hydrogens is 280 g/mol. The standard InChI is InChI=1S/C17H26N2O3/c1-17(2,3)22-16(20)19-9-10-21-15(11-18)14(12-19)13-7-5-4-6-8-13/h4-8,14-15H,9-12,18H2,1-3H3. The Labute approximate surface area is 132 Å². The highest BCUT2D eigenvalue weighted by Gasteiger charge is 2.32. The van der Waals surface area contributed by atoms with Crippen molar-refractivity contribution < 1.29 is 14.3 Å². The first-order chi connectivity index (χ1) is 10.4. The van der Waals surface area contributed by atoms with Gasteiger partial charge < -0.3 is 20.1 Å². The van der Waals surface area contributed by atoms with Crippen molar-refractivity contribution in [1.82, 2.24) is 4.90 Å². The Morgan fingerprint density at radius 3 is 2.64 bits per heavy atom. The van der Waals surface area contributed by atoms with Crippen molar-refractivity contribution in [1.29, 1.82) is 0 Å². The van der Waals surface area contributed by atoms with Crippen molar-refractivity contribution in [3.05, 3.63) is 35.9 Å². The van der Waals surface area contributed by atoms with Crippen molar-refractivity contribution in [2.75, 3.05) is 26.2 Å². The lowest BCUT2D eigenvalue weighted by Crippen LogP contribution is -2.40. The predicted molar refractivity (Wildman–Crippen MR) is 85.8 cm³/mol. The minimum Gasteiger partial charge on any atom is -0.444 e. The van der Waals surface area contributed by atoms with Crippen molar-refractivity contribution in [3.8, 4) is 0 Å². The summed E-state index contributed by atoms with van der Waals surface area (Å²) in [7, 11) is 0. The topological polar surface area (TPSA) is 64.8 Å². The molecule has 0 radical (unpaired) electrons. The number of carbonyl (C=O) groups is 1. The molecule has 2 N–H and O–H groups in total. The molecule has 1 aliphatic heterocycles. The SMILES string of the molecule is CC(C)(C)OC(=O)N1CCOC(CN)C(c2ccccc2)C1. The van der Waals surface area contributed by atoms with Gasteiger partial charge in [-0.15, -0.1) is 0 Å². The third kappa shape index (κ3) is 4.45. The predicted octanol–water partition coefficient (Wildman–Crippen LogP) is 2.36. The fourth-order valence-electron chi connectivity index (χ4n) is 2.62. The normalized spacial score (nSPS) is 23.0. The van der Waals surface area contributed by atoms with Crippen LogP contribution in [0.3, 0.4) is 0 Å². The number of amides is 1. The van der Waals surface area contributed by atoms with Crippen LogP contribution < -0.4 is 5.73 Å². The lowest BCUT2D eigenvalue weighted by Gasteiger charge is -2.29. The van der Waals surface area contributed by atoms with E-state index < -0.39 is 5.60 Å². The second-order valence-corrected chi connectivity index (χ2v) is 6.59. The maximum absolute atomic E-state index is 12.4. The summed E-state index contributed by atoms with van der Waals surface area (Å²) in [4.78, 5) is 14.1. The minimum atomic E-state index is -0.500. The summed E-state index contributed by atoms with van der Waals surface area (Å²) in [5.74, 6) is 0.0567. The molecule has 2 atom stereocenters. The number of hydrogen-bond donors (Lipinski definition) is 1. The molecular formula is C17H26N2O3. The summed E-state index contributed by atoms with van der Waals surface area (Å²) >= 11 is 0. The second kappa shape index (κ2) is 7.11. The van der Waals surface area contributed by atoms with Gasteiger partial charge >= 0.3 is 6.09 Å². The molecule has 22 heavy (non-hydrogen) atoms. The van der Waals surface area contributed by atoms with Crippen LogP contribution in [0.15, 0.2) is 30.3 Å². The van der Waals surface area contributed by atoms with Gasteiger partial charge in [0.15, 0.2) is 0 Å². The number of rotatable bonds is 2. The Morgan fingerprint density at radius 2 is 2.05 bits per heavy atom. The van der Waals surface area contributed by atoms with Gasteiger partial charge in [0, 0.05) is 25.6 Å². The lowest BCUT2D eigenvalue weighted by atomic mass is 9.93. The Bertz CT molecular complexity index is 484. The van der Waals surface area contributed by atoms with E-state index in [1.165, 1.54) is 0 Å². The summed E-state index contributed by atoms with van der Waals surface area (Å²) in [6, 6.07) is 10.1. The smallest absolute Gasteiger partial charge is 0.410 e. The molecule has 1 fully saturated rings. The molecule has 1 heterocycles. The third-order valence-corrected chi connectivity index (χ3v) is 3.67. The highest BCUT2D eigenvalue weighted by molar-refractivity contribution is 5.68. The van der Waals surface area contributed by atoms with Crippen LogP contribution >= 0.6 is 0 Å². The van der Waals surface area contributed by atoms with E-state index in [9.17, 15) is 4.79 Å². The van der Waals surface area contributed by atoms with Gasteiger partial charge in [-0.2, -0.15) is 0 Å². The van der Waals surface area contributed by atoms with Gasteiger partial charge in [-0.3, -0.25) is 0 Å². The first kappa shape index (κ1) is 16.8. The summed E-state index contributed by atoms with van der Waals surface area (Å²) in [6.45, 7) is 7.60. The van der Waals surface area contributed by atoms with Gasteiger partial charge in [0.05, 0.1) is 12.7 Å². The number of hydrogen-bond acceptors (Lipinski definition) is 4. The van der Waals surface area contributed by atoms with Crippen molar-refractivity contribution >= 4 is 6.09 Å². The van der Waals surface area contributed by atoms with Crippen LogP contribution in [0.4, 0.5) is 4.79 Å². The number of carbonyl (C=O) groups excluding carboxylic acids is 1. The molecule has 1 amide bonds. The molecule has 0 aromatic heterocycles. The highest BCUT2D eigenvalue weighted by atomic mass is 16.6. The van der Waals surface area contributed by atoms with E-state index in [0.717, 1.165) is 5.56 Å².